The minimum atomic E-state index is -5.65. The van der Waals surface area contributed by atoms with Gasteiger partial charge in [0.1, 0.15) is 5.75 Å². The van der Waals surface area contributed by atoms with Crippen molar-refractivity contribution in [2.45, 2.75) is 12.4 Å². The van der Waals surface area contributed by atoms with Crippen LogP contribution in [0, 0.1) is 6.92 Å². The second-order valence-electron chi connectivity index (χ2n) is 3.76. The number of halogens is 3. The molecule has 2 aromatic rings. The molecule has 102 valence electrons. The molecule has 0 radical (unpaired) electrons. The Morgan fingerprint density at radius 1 is 1.21 bits per heavy atom. The van der Waals surface area contributed by atoms with E-state index in [2.05, 4.69) is 9.17 Å². The van der Waals surface area contributed by atoms with Gasteiger partial charge in [0.2, 0.25) is 0 Å². The molecule has 0 N–H and O–H groups in total. The Balaban J connectivity index is 2.46. The molecule has 0 fully saturated rings. The van der Waals surface area contributed by atoms with E-state index in [1.165, 1.54) is 12.1 Å². The van der Waals surface area contributed by atoms with Gasteiger partial charge in [-0.1, -0.05) is 6.07 Å². The monoisotopic (exact) mass is 291 g/mol. The molecule has 0 aliphatic carbocycles. The molecule has 1 aromatic heterocycles. The van der Waals surface area contributed by atoms with Gasteiger partial charge >= 0.3 is 15.6 Å². The number of hydrogen-bond donors (Lipinski definition) is 0. The number of benzene rings is 1. The molecule has 0 bridgehead atoms. The summed E-state index contributed by atoms with van der Waals surface area (Å²) < 4.78 is 62.4. The van der Waals surface area contributed by atoms with E-state index in [9.17, 15) is 21.6 Å². The van der Waals surface area contributed by atoms with Crippen LogP contribution in [-0.4, -0.2) is 18.9 Å². The third-order valence-corrected chi connectivity index (χ3v) is 3.41. The van der Waals surface area contributed by atoms with Gasteiger partial charge in [-0.15, -0.1) is 0 Å². The highest BCUT2D eigenvalue weighted by molar-refractivity contribution is 7.88. The van der Waals surface area contributed by atoms with Crippen molar-refractivity contribution in [2.75, 3.05) is 0 Å². The van der Waals surface area contributed by atoms with E-state index in [1.807, 2.05) is 0 Å². The van der Waals surface area contributed by atoms with Crippen molar-refractivity contribution in [1.82, 2.24) is 4.98 Å². The Morgan fingerprint density at radius 3 is 2.53 bits per heavy atom. The van der Waals surface area contributed by atoms with E-state index in [0.717, 1.165) is 11.5 Å². The summed E-state index contributed by atoms with van der Waals surface area (Å²) in [6, 6.07) is 5.49. The normalized spacial score (nSPS) is 12.6. The van der Waals surface area contributed by atoms with Crippen LogP contribution in [0.3, 0.4) is 0 Å². The highest BCUT2D eigenvalue weighted by Gasteiger charge is 2.48. The van der Waals surface area contributed by atoms with Gasteiger partial charge in [0.25, 0.3) is 0 Å². The quantitative estimate of drug-likeness (QED) is 0.630. The summed E-state index contributed by atoms with van der Waals surface area (Å²) in [4.78, 5) is 3.97. The minimum absolute atomic E-state index is 0.402. The first-order valence-electron chi connectivity index (χ1n) is 5.07. The number of aryl methyl sites for hydroxylation is 1. The molecule has 0 amide bonds. The molecule has 0 aliphatic heterocycles. The summed E-state index contributed by atoms with van der Waals surface area (Å²) in [5, 5.41) is 1.25. The molecule has 1 heterocycles. The lowest BCUT2D eigenvalue weighted by atomic mass is 10.1. The fraction of sp³-hybridized carbons (Fsp3) is 0.182. The maximum atomic E-state index is 12.2. The standard InChI is InChI=1S/C11H8F3NO3S/c1-7-10-6-9(3-2-8(10)4-5-15-7)18-19(16,17)11(12,13)14/h2-6H,1H3. The first-order chi connectivity index (χ1) is 8.71. The van der Waals surface area contributed by atoms with Gasteiger partial charge in [0.15, 0.2) is 0 Å². The number of alkyl halides is 3. The van der Waals surface area contributed by atoms with E-state index in [0.29, 0.717) is 11.1 Å². The Labute approximate surface area is 107 Å². The van der Waals surface area contributed by atoms with Gasteiger partial charge in [-0.3, -0.25) is 4.98 Å². The van der Waals surface area contributed by atoms with Crippen molar-refractivity contribution in [1.29, 1.82) is 0 Å². The highest BCUT2D eigenvalue weighted by atomic mass is 32.2. The third kappa shape index (κ3) is 2.62. The average molecular weight is 291 g/mol. The van der Waals surface area contributed by atoms with Crippen LogP contribution in [0.2, 0.25) is 0 Å². The molecule has 8 heteroatoms. The second-order valence-corrected chi connectivity index (χ2v) is 5.30. The maximum absolute atomic E-state index is 12.2. The number of fused-ring (bicyclic) bond motifs is 1. The van der Waals surface area contributed by atoms with Crippen LogP contribution in [0.25, 0.3) is 10.8 Å². The van der Waals surface area contributed by atoms with E-state index < -0.39 is 21.4 Å². The molecule has 19 heavy (non-hydrogen) atoms. The zero-order valence-corrected chi connectivity index (χ0v) is 10.4. The third-order valence-electron chi connectivity index (χ3n) is 2.43. The molecule has 2 rings (SSSR count). The first-order valence-corrected chi connectivity index (χ1v) is 6.48. The Morgan fingerprint density at radius 2 is 1.89 bits per heavy atom. The van der Waals surface area contributed by atoms with E-state index in [4.69, 9.17) is 0 Å². The lowest BCUT2D eigenvalue weighted by Crippen LogP contribution is -2.28. The van der Waals surface area contributed by atoms with Gasteiger partial charge < -0.3 is 4.18 Å². The van der Waals surface area contributed by atoms with Crippen molar-refractivity contribution in [3.05, 3.63) is 36.2 Å². The highest BCUT2D eigenvalue weighted by Crippen LogP contribution is 2.29. The van der Waals surface area contributed by atoms with Crippen LogP contribution in [-0.2, 0) is 10.1 Å². The van der Waals surface area contributed by atoms with E-state index >= 15 is 0 Å². The van der Waals surface area contributed by atoms with E-state index in [-0.39, 0.29) is 0 Å². The van der Waals surface area contributed by atoms with Crippen LogP contribution in [0.4, 0.5) is 13.2 Å². The molecule has 1 aromatic carbocycles. The molecule has 4 nitrogen and oxygen atoms in total. The first kappa shape index (κ1) is 13.6. The summed E-state index contributed by atoms with van der Waals surface area (Å²) >= 11 is 0. The smallest absolute Gasteiger partial charge is 0.376 e. The molecule has 0 saturated heterocycles. The summed E-state index contributed by atoms with van der Waals surface area (Å²) in [6.07, 6.45) is 1.55. The Bertz CT molecular complexity index is 726. The topological polar surface area (TPSA) is 56.3 Å². The zero-order valence-electron chi connectivity index (χ0n) is 9.60. The van der Waals surface area contributed by atoms with Crippen LogP contribution in [0.15, 0.2) is 30.5 Å². The van der Waals surface area contributed by atoms with Crippen molar-refractivity contribution in [2.24, 2.45) is 0 Å². The molecular weight excluding hydrogens is 283 g/mol. The number of nitrogens with zero attached hydrogens (tertiary/aromatic N) is 1. The van der Waals surface area contributed by atoms with Gasteiger partial charge in [-0.05, 0) is 30.5 Å². The molecule has 0 atom stereocenters. The average Bonchev–Trinajstić information content (AvgIpc) is 2.28. The van der Waals surface area contributed by atoms with Crippen molar-refractivity contribution in [3.8, 4) is 5.75 Å². The number of rotatable bonds is 2. The van der Waals surface area contributed by atoms with Crippen LogP contribution in [0.1, 0.15) is 5.69 Å². The summed E-state index contributed by atoms with van der Waals surface area (Å²) in [5.41, 5.74) is -4.89. The predicted octanol–water partition coefficient (Wildman–Crippen LogP) is 2.77. The van der Waals surface area contributed by atoms with Crippen LogP contribution >= 0.6 is 0 Å². The summed E-state index contributed by atoms with van der Waals surface area (Å²) in [5.74, 6) is -0.402. The second kappa shape index (κ2) is 4.37. The van der Waals surface area contributed by atoms with Crippen LogP contribution < -0.4 is 4.18 Å². The van der Waals surface area contributed by atoms with E-state index in [1.54, 1.807) is 19.2 Å². The molecule has 0 spiro atoms. The zero-order chi connectivity index (χ0) is 14.3. The van der Waals surface area contributed by atoms with Crippen molar-refractivity contribution >= 4 is 20.9 Å². The van der Waals surface area contributed by atoms with Gasteiger partial charge in [-0.2, -0.15) is 21.6 Å². The maximum Gasteiger partial charge on any atom is 0.534 e. The molecule has 0 saturated carbocycles. The fourth-order valence-electron chi connectivity index (χ4n) is 1.52. The SMILES string of the molecule is Cc1nccc2ccc(OS(=O)(=O)C(F)(F)F)cc12. The molecular formula is C11H8F3NO3S. The molecule has 0 aliphatic rings. The largest absolute Gasteiger partial charge is 0.534 e. The number of aromatic nitrogens is 1. The lowest BCUT2D eigenvalue weighted by Gasteiger charge is -2.10. The van der Waals surface area contributed by atoms with Crippen molar-refractivity contribution < 1.29 is 25.8 Å². The van der Waals surface area contributed by atoms with Gasteiger partial charge in [-0.25, -0.2) is 0 Å². The summed E-state index contributed by atoms with van der Waals surface area (Å²) in [7, 11) is -5.65. The Hall–Kier alpha value is -1.83. The summed E-state index contributed by atoms with van der Waals surface area (Å²) in [6.45, 7) is 1.66. The lowest BCUT2D eigenvalue weighted by molar-refractivity contribution is -0.0500. The fourth-order valence-corrected chi connectivity index (χ4v) is 1.97. The number of pyridine rings is 1. The minimum Gasteiger partial charge on any atom is -0.376 e. The van der Waals surface area contributed by atoms with Gasteiger partial charge in [0.05, 0.1) is 0 Å². The van der Waals surface area contributed by atoms with Crippen LogP contribution in [0.5, 0.6) is 5.75 Å². The van der Waals surface area contributed by atoms with Crippen molar-refractivity contribution in [3.63, 3.8) is 0 Å². The Kier molecular flexibility index (Phi) is 3.13. The number of hydrogen-bond acceptors (Lipinski definition) is 4. The molecule has 0 unspecified atom stereocenters. The van der Waals surface area contributed by atoms with Gasteiger partial charge in [0, 0.05) is 17.3 Å². The predicted molar refractivity (Wildman–Crippen MR) is 62.1 cm³/mol.